The second kappa shape index (κ2) is 20.5. The lowest BCUT2D eigenvalue weighted by atomic mass is 9.85. The van der Waals surface area contributed by atoms with Crippen LogP contribution < -0.4 is 20.4 Å². The number of aromatic nitrogens is 2. The first-order valence-corrected chi connectivity index (χ1v) is 22.9. The van der Waals surface area contributed by atoms with Gasteiger partial charge in [0.15, 0.2) is 16.7 Å². The Hall–Kier alpha value is -6.35. The van der Waals surface area contributed by atoms with E-state index in [4.69, 9.17) is 17.5 Å². The van der Waals surface area contributed by atoms with Gasteiger partial charge in [0.25, 0.3) is 5.91 Å². The zero-order valence-corrected chi connectivity index (χ0v) is 39.7. The summed E-state index contributed by atoms with van der Waals surface area (Å²) in [5.74, 6) is 0.584. The molecule has 2 saturated heterocycles. The summed E-state index contributed by atoms with van der Waals surface area (Å²) in [5, 5.41) is 25.0. The zero-order chi connectivity index (χ0) is 49.9. The number of amides is 4. The molecule has 358 valence electrons. The van der Waals surface area contributed by atoms with Gasteiger partial charge in [-0.2, -0.15) is 18.4 Å². The summed E-state index contributed by atoms with van der Waals surface area (Å²) >= 11 is 6.96. The number of carbonyl (C=O) groups is 4. The third-order valence-electron chi connectivity index (χ3n) is 11.6. The van der Waals surface area contributed by atoms with E-state index in [0.717, 1.165) is 44.8 Å². The fourth-order valence-corrected chi connectivity index (χ4v) is 9.35. The van der Waals surface area contributed by atoms with Crippen LogP contribution in [0.2, 0.25) is 0 Å². The molecule has 20 heteroatoms. The van der Waals surface area contributed by atoms with Crippen molar-refractivity contribution in [2.75, 3.05) is 16.3 Å². The van der Waals surface area contributed by atoms with Gasteiger partial charge in [0.1, 0.15) is 28.9 Å². The second-order valence-corrected chi connectivity index (χ2v) is 19.3. The number of thiocarbonyl (C=S) groups is 1. The van der Waals surface area contributed by atoms with Crippen LogP contribution in [0.3, 0.4) is 0 Å². The molecule has 0 radical (unpaired) electrons. The number of hydrogen-bond acceptors (Lipinski definition) is 10. The van der Waals surface area contributed by atoms with Crippen LogP contribution in [-0.4, -0.2) is 79.0 Å². The zero-order valence-electron chi connectivity index (χ0n) is 38.1. The molecule has 4 heterocycles. The lowest BCUT2D eigenvalue weighted by molar-refractivity contribution is -0.144. The molecule has 6 rings (SSSR count). The van der Waals surface area contributed by atoms with Crippen LogP contribution in [0.15, 0.2) is 54.2 Å². The van der Waals surface area contributed by atoms with Crippen molar-refractivity contribution in [3.63, 3.8) is 0 Å². The third kappa shape index (κ3) is 11.0. The molecule has 0 bridgehead atoms. The van der Waals surface area contributed by atoms with Gasteiger partial charge >= 0.3 is 6.18 Å². The predicted molar refractivity (Wildman–Crippen MR) is 249 cm³/mol. The number of halogens is 5. The van der Waals surface area contributed by atoms with Crippen molar-refractivity contribution < 1.29 is 46.2 Å². The van der Waals surface area contributed by atoms with Crippen molar-refractivity contribution in [3.05, 3.63) is 93.9 Å². The number of aliphatic hydroxyl groups is 1. The Bertz CT molecular complexity index is 2720. The number of thiazole rings is 1. The molecule has 4 aromatic rings. The van der Waals surface area contributed by atoms with Gasteiger partial charge < -0.3 is 25.5 Å². The Balaban J connectivity index is 0.995. The molecule has 0 unspecified atom stereocenters. The average Bonchev–Trinajstić information content (AvgIpc) is 3.93. The Morgan fingerprint density at radius 3 is 2.38 bits per heavy atom. The van der Waals surface area contributed by atoms with Crippen molar-refractivity contribution in [3.8, 4) is 28.4 Å². The van der Waals surface area contributed by atoms with Crippen molar-refractivity contribution in [2.24, 2.45) is 5.41 Å². The molecular formula is C48H49F5N8O5S2. The largest absolute Gasteiger partial charge is 0.420 e. The number of pyridine rings is 1. The molecule has 3 atom stereocenters. The number of nitrogens with one attached hydrogen (secondary N) is 2. The number of hydrogen-bond donors (Lipinski definition) is 3. The minimum absolute atomic E-state index is 0.0442. The topological polar surface area (TPSA) is 172 Å². The molecule has 3 N–H and O–H groups in total. The van der Waals surface area contributed by atoms with E-state index in [1.165, 1.54) is 31.0 Å². The van der Waals surface area contributed by atoms with Gasteiger partial charge in [0, 0.05) is 38.4 Å². The van der Waals surface area contributed by atoms with Gasteiger partial charge in [-0.25, -0.2) is 18.7 Å². The highest BCUT2D eigenvalue weighted by atomic mass is 32.1. The summed E-state index contributed by atoms with van der Waals surface area (Å²) in [7, 11) is 0. The Morgan fingerprint density at radius 2 is 1.76 bits per heavy atom. The van der Waals surface area contributed by atoms with Gasteiger partial charge in [0.2, 0.25) is 17.7 Å². The lowest BCUT2D eigenvalue weighted by Crippen LogP contribution is -2.57. The van der Waals surface area contributed by atoms with E-state index < -0.39 is 86.6 Å². The van der Waals surface area contributed by atoms with Crippen molar-refractivity contribution >= 4 is 63.7 Å². The van der Waals surface area contributed by atoms with Crippen LogP contribution >= 0.6 is 23.6 Å². The Kier molecular flexibility index (Phi) is 15.4. The highest BCUT2D eigenvalue weighted by molar-refractivity contribution is 7.81. The van der Waals surface area contributed by atoms with Crippen molar-refractivity contribution in [1.82, 2.24) is 25.5 Å². The highest BCUT2D eigenvalue weighted by Gasteiger charge is 2.52. The van der Waals surface area contributed by atoms with E-state index in [0.29, 0.717) is 30.6 Å². The number of benzene rings is 2. The molecule has 2 aromatic carbocycles. The second-order valence-electron chi connectivity index (χ2n) is 18.1. The van der Waals surface area contributed by atoms with Gasteiger partial charge in [-0.3, -0.25) is 24.1 Å². The first-order chi connectivity index (χ1) is 31.9. The van der Waals surface area contributed by atoms with E-state index in [9.17, 15) is 37.5 Å². The molecular weight excluding hydrogens is 928 g/mol. The van der Waals surface area contributed by atoms with Crippen LogP contribution in [0.25, 0.3) is 10.4 Å². The normalized spacial score (nSPS) is 17.4. The Labute approximate surface area is 399 Å². The van der Waals surface area contributed by atoms with Gasteiger partial charge in [-0.1, -0.05) is 57.4 Å². The number of aliphatic hydroxyl groups excluding tert-OH is 1. The average molecular weight is 977 g/mol. The molecule has 2 aliphatic heterocycles. The lowest BCUT2D eigenvalue weighted by Gasteiger charge is -2.35. The maximum absolute atomic E-state index is 15.4. The quantitative estimate of drug-likeness (QED) is 0.0522. The third-order valence-corrected chi connectivity index (χ3v) is 13.0. The van der Waals surface area contributed by atoms with Gasteiger partial charge in [-0.05, 0) is 80.4 Å². The molecule has 68 heavy (non-hydrogen) atoms. The Morgan fingerprint density at radius 1 is 1.06 bits per heavy atom. The molecule has 13 nitrogen and oxygen atoms in total. The highest BCUT2D eigenvalue weighted by Crippen LogP contribution is 2.42. The van der Waals surface area contributed by atoms with Gasteiger partial charge in [0.05, 0.1) is 51.4 Å². The SMILES string of the molecule is Cc1ncsc1-c1ccc(CNC(=O)[C@@H]2C[C@@H](O)CN2C(=O)[C@@H](NC(=O)CCCCCC#Cc2ncc(N3C(=S)N(c4ccc(C#N)c(C(F)(F)F)c4F)C(=O)C3(C)C)cc2F)C(C)(C)C)cc1. The minimum atomic E-state index is -5.25. The van der Waals surface area contributed by atoms with E-state index in [2.05, 4.69) is 32.4 Å². The summed E-state index contributed by atoms with van der Waals surface area (Å²) in [6.45, 7) is 10.2. The number of nitriles is 1. The summed E-state index contributed by atoms with van der Waals surface area (Å²) in [6, 6.07) is 9.72. The molecule has 0 aliphatic carbocycles. The fourth-order valence-electron chi connectivity index (χ4n) is 8.03. The van der Waals surface area contributed by atoms with Crippen LogP contribution in [0, 0.1) is 47.1 Å². The maximum atomic E-state index is 15.4. The molecule has 0 saturated carbocycles. The van der Waals surface area contributed by atoms with Crippen LogP contribution in [0.1, 0.15) is 101 Å². The summed E-state index contributed by atoms with van der Waals surface area (Å²) in [5.41, 5.74) is -1.68. The van der Waals surface area contributed by atoms with Crippen molar-refractivity contribution in [1.29, 1.82) is 5.26 Å². The van der Waals surface area contributed by atoms with E-state index in [1.54, 1.807) is 37.6 Å². The van der Waals surface area contributed by atoms with Crippen LogP contribution in [-0.2, 0) is 31.9 Å². The number of likely N-dealkylation sites (tertiary alicyclic amines) is 1. The number of anilines is 2. The fraction of sp³-hybridized carbons (Fsp3) is 0.417. The van der Waals surface area contributed by atoms with E-state index >= 15 is 8.78 Å². The van der Waals surface area contributed by atoms with Crippen LogP contribution in [0.4, 0.5) is 33.3 Å². The number of unbranched alkanes of at least 4 members (excludes halogenated alkanes) is 3. The van der Waals surface area contributed by atoms with E-state index in [-0.39, 0.29) is 43.2 Å². The monoisotopic (exact) mass is 976 g/mol. The summed E-state index contributed by atoms with van der Waals surface area (Å²) in [6.07, 6.45) is -2.98. The number of β-amino-alcohol motifs (C(OH)–C–C–N with tert-alkyl or cyclic N) is 1. The smallest absolute Gasteiger partial charge is 0.391 e. The maximum Gasteiger partial charge on any atom is 0.420 e. The van der Waals surface area contributed by atoms with Gasteiger partial charge in [-0.15, -0.1) is 11.3 Å². The molecule has 2 aromatic heterocycles. The number of aryl methyl sites for hydroxylation is 1. The number of rotatable bonds is 13. The summed E-state index contributed by atoms with van der Waals surface area (Å²) in [4.78, 5) is 66.6. The number of carbonyl (C=O) groups excluding carboxylic acids is 4. The van der Waals surface area contributed by atoms with Crippen LogP contribution in [0.5, 0.6) is 0 Å². The first-order valence-electron chi connectivity index (χ1n) is 21.6. The number of alkyl halides is 3. The minimum Gasteiger partial charge on any atom is -0.391 e. The van der Waals surface area contributed by atoms with Crippen molar-refractivity contribution in [2.45, 2.75) is 117 Å². The predicted octanol–water partition coefficient (Wildman–Crippen LogP) is 7.71. The molecule has 2 fully saturated rings. The molecule has 2 aliphatic rings. The van der Waals surface area contributed by atoms with E-state index in [1.807, 2.05) is 31.2 Å². The standard InChI is InChI=1S/C48H49F5N8O5S2/c1-27-40(68-26-57-27)29-16-14-28(15-17-29)23-56-42(64)36-21-32(62)25-59(36)43(65)41(46(2,3)4)58-37(63)13-11-9-7-8-10-12-34-33(49)20-31(24-55-34)61-45(67)60(44(66)47(61,5)6)35-19-18-30(22-54)38(39(35)50)48(51,52)53/h14-20,24,26,32,36,41,62H,7-9,11,13,21,23,25H2,1-6H3,(H,56,64)(H,58,63)/t32-,36+,41-/m1/s1. The number of nitrogens with zero attached hydrogens (tertiary/aromatic N) is 6. The first kappa shape index (κ1) is 51.0. The molecule has 4 amide bonds. The summed E-state index contributed by atoms with van der Waals surface area (Å²) < 4.78 is 72.0. The molecule has 0 spiro atoms.